The lowest BCUT2D eigenvalue weighted by molar-refractivity contribution is -0.384. The van der Waals surface area contributed by atoms with Crippen LogP contribution in [0, 0.1) is 10.1 Å². The number of nitrogens with zero attached hydrogens (tertiary/aromatic N) is 2. The molecule has 118 valence electrons. The molecule has 3 N–H and O–H groups in total. The Morgan fingerprint density at radius 1 is 1.48 bits per heavy atom. The van der Waals surface area contributed by atoms with Gasteiger partial charge >= 0.3 is 0 Å². The molecular weight excluding hydrogens is 272 g/mol. The maximum absolute atomic E-state index is 12.3. The average Bonchev–Trinajstić information content (AvgIpc) is 2.90. The summed E-state index contributed by atoms with van der Waals surface area (Å²) >= 11 is 0. The summed E-state index contributed by atoms with van der Waals surface area (Å²) in [5.41, 5.74) is 5.90. The van der Waals surface area contributed by atoms with Crippen molar-refractivity contribution in [1.82, 2.24) is 9.88 Å². The predicted octanol–water partition coefficient (Wildman–Crippen LogP) is 2.22. The molecule has 0 fully saturated rings. The molecule has 0 aliphatic carbocycles. The molecule has 0 bridgehead atoms. The number of carbonyl (C=O) groups excluding carboxylic acids is 1. The number of hydrogen-bond acceptors (Lipinski definition) is 4. The molecule has 0 radical (unpaired) electrons. The van der Waals surface area contributed by atoms with E-state index in [9.17, 15) is 14.9 Å². The fourth-order valence-electron chi connectivity index (χ4n) is 2.02. The van der Waals surface area contributed by atoms with Crippen molar-refractivity contribution in [1.29, 1.82) is 0 Å². The Morgan fingerprint density at radius 2 is 2.05 bits per heavy atom. The van der Waals surface area contributed by atoms with E-state index >= 15 is 0 Å². The van der Waals surface area contributed by atoms with Crippen molar-refractivity contribution < 1.29 is 9.72 Å². The van der Waals surface area contributed by atoms with Crippen LogP contribution in [0.25, 0.3) is 0 Å². The average molecular weight is 296 g/mol. The summed E-state index contributed by atoms with van der Waals surface area (Å²) in [7, 11) is 0. The third-order valence-electron chi connectivity index (χ3n) is 3.84. The van der Waals surface area contributed by atoms with E-state index in [1.165, 1.54) is 12.3 Å². The van der Waals surface area contributed by atoms with Gasteiger partial charge in [-0.05, 0) is 26.7 Å². The van der Waals surface area contributed by atoms with Gasteiger partial charge in [0.25, 0.3) is 11.6 Å². The molecule has 0 atom stereocenters. The van der Waals surface area contributed by atoms with Gasteiger partial charge in [0, 0.05) is 24.2 Å². The summed E-state index contributed by atoms with van der Waals surface area (Å²) in [6, 6.07) is 1.25. The molecule has 7 nitrogen and oxygen atoms in total. The summed E-state index contributed by atoms with van der Waals surface area (Å²) in [4.78, 5) is 22.6. The summed E-state index contributed by atoms with van der Waals surface area (Å²) in [6.45, 7) is 8.02. The van der Waals surface area contributed by atoms with Crippen LogP contribution in [0.3, 0.4) is 0 Å². The third-order valence-corrected chi connectivity index (χ3v) is 3.84. The number of carbonyl (C=O) groups is 1. The molecule has 21 heavy (non-hydrogen) atoms. The number of nitrogens with one attached hydrogen (secondary N) is 1. The second-order valence-corrected chi connectivity index (χ2v) is 5.59. The molecule has 0 aliphatic heterocycles. The van der Waals surface area contributed by atoms with E-state index in [0.717, 1.165) is 12.8 Å². The van der Waals surface area contributed by atoms with Crippen LogP contribution in [0.1, 0.15) is 57.1 Å². The van der Waals surface area contributed by atoms with Crippen LogP contribution in [-0.2, 0) is 0 Å². The van der Waals surface area contributed by atoms with Crippen LogP contribution >= 0.6 is 0 Å². The minimum absolute atomic E-state index is 0.0422. The summed E-state index contributed by atoms with van der Waals surface area (Å²) in [6.07, 6.45) is 2.87. The molecule has 7 heteroatoms. The van der Waals surface area contributed by atoms with Crippen molar-refractivity contribution in [3.8, 4) is 0 Å². The zero-order chi connectivity index (χ0) is 16.2. The number of nitro groups is 1. The van der Waals surface area contributed by atoms with E-state index in [1.807, 2.05) is 27.7 Å². The fourth-order valence-corrected chi connectivity index (χ4v) is 2.02. The van der Waals surface area contributed by atoms with E-state index in [-0.39, 0.29) is 23.3 Å². The van der Waals surface area contributed by atoms with Crippen molar-refractivity contribution in [2.24, 2.45) is 5.73 Å². The van der Waals surface area contributed by atoms with Gasteiger partial charge in [-0.2, -0.15) is 0 Å². The van der Waals surface area contributed by atoms with Gasteiger partial charge in [0.2, 0.25) is 0 Å². The molecule has 0 saturated carbocycles. The lowest BCUT2D eigenvalue weighted by Gasteiger charge is -2.27. The van der Waals surface area contributed by atoms with Crippen LogP contribution in [0.5, 0.6) is 0 Å². The Balaban J connectivity index is 2.94. The maximum Gasteiger partial charge on any atom is 0.287 e. The molecule has 1 aromatic rings. The van der Waals surface area contributed by atoms with Crippen LogP contribution < -0.4 is 11.1 Å². The number of amides is 1. The first kappa shape index (κ1) is 17.2. The summed E-state index contributed by atoms with van der Waals surface area (Å²) < 4.78 is 1.60. The van der Waals surface area contributed by atoms with Crippen molar-refractivity contribution in [3.63, 3.8) is 0 Å². The second kappa shape index (κ2) is 6.71. The molecule has 1 rings (SSSR count). The molecule has 0 spiro atoms. The summed E-state index contributed by atoms with van der Waals surface area (Å²) in [5, 5.41) is 13.6. The Morgan fingerprint density at radius 3 is 2.48 bits per heavy atom. The topological polar surface area (TPSA) is 103 Å². The normalized spacial score (nSPS) is 11.7. The Bertz CT molecular complexity index is 518. The summed E-state index contributed by atoms with van der Waals surface area (Å²) in [5.74, 6) is -0.339. The van der Waals surface area contributed by atoms with Crippen molar-refractivity contribution in [2.45, 2.75) is 52.1 Å². The van der Waals surface area contributed by atoms with E-state index in [0.29, 0.717) is 6.54 Å². The van der Waals surface area contributed by atoms with E-state index in [1.54, 1.807) is 4.57 Å². The predicted molar refractivity (Wildman–Crippen MR) is 81.3 cm³/mol. The highest BCUT2D eigenvalue weighted by atomic mass is 16.6. The minimum atomic E-state index is -0.499. The smallest absolute Gasteiger partial charge is 0.287 e. The van der Waals surface area contributed by atoms with E-state index < -0.39 is 10.5 Å². The third kappa shape index (κ3) is 4.04. The van der Waals surface area contributed by atoms with Crippen molar-refractivity contribution in [3.05, 3.63) is 28.1 Å². The molecule has 0 aliphatic rings. The highest BCUT2D eigenvalue weighted by molar-refractivity contribution is 5.93. The lowest BCUT2D eigenvalue weighted by atomic mass is 9.94. The van der Waals surface area contributed by atoms with Gasteiger partial charge in [-0.1, -0.05) is 13.8 Å². The first-order valence-corrected chi connectivity index (χ1v) is 7.17. The highest BCUT2D eigenvalue weighted by Gasteiger charge is 2.24. The Labute approximate surface area is 124 Å². The van der Waals surface area contributed by atoms with Gasteiger partial charge < -0.3 is 15.6 Å². The van der Waals surface area contributed by atoms with Gasteiger partial charge in [-0.3, -0.25) is 14.9 Å². The van der Waals surface area contributed by atoms with Gasteiger partial charge in [0.15, 0.2) is 0 Å². The standard InChI is InChI=1S/C14H24N4O3/c1-5-14(15,6-2)9-16-13(19)12-7-11(18(20)21)8-17(12)10(3)4/h7-8,10H,5-6,9,15H2,1-4H3,(H,16,19). The second-order valence-electron chi connectivity index (χ2n) is 5.59. The zero-order valence-corrected chi connectivity index (χ0v) is 13.0. The van der Waals surface area contributed by atoms with E-state index in [2.05, 4.69) is 5.32 Å². The van der Waals surface area contributed by atoms with Gasteiger partial charge in [0.1, 0.15) is 5.69 Å². The van der Waals surface area contributed by atoms with Gasteiger partial charge in [0.05, 0.1) is 11.1 Å². The molecule has 1 heterocycles. The Hall–Kier alpha value is -1.89. The van der Waals surface area contributed by atoms with Gasteiger partial charge in [-0.25, -0.2) is 0 Å². The number of aromatic nitrogens is 1. The zero-order valence-electron chi connectivity index (χ0n) is 13.0. The Kier molecular flexibility index (Phi) is 5.48. The molecule has 0 unspecified atom stereocenters. The molecule has 0 saturated heterocycles. The molecular formula is C14H24N4O3. The van der Waals surface area contributed by atoms with Crippen molar-refractivity contribution >= 4 is 11.6 Å². The monoisotopic (exact) mass is 296 g/mol. The van der Waals surface area contributed by atoms with E-state index in [4.69, 9.17) is 5.73 Å². The molecule has 0 aromatic carbocycles. The molecule has 1 amide bonds. The quantitative estimate of drug-likeness (QED) is 0.594. The van der Waals surface area contributed by atoms with Crippen molar-refractivity contribution in [2.75, 3.05) is 6.54 Å². The fraction of sp³-hybridized carbons (Fsp3) is 0.643. The van der Waals surface area contributed by atoms with Crippen LogP contribution in [-0.4, -0.2) is 27.5 Å². The number of nitrogens with two attached hydrogens (primary N) is 1. The highest BCUT2D eigenvalue weighted by Crippen LogP contribution is 2.21. The van der Waals surface area contributed by atoms with Crippen LogP contribution in [0.4, 0.5) is 5.69 Å². The minimum Gasteiger partial charge on any atom is -0.349 e. The largest absolute Gasteiger partial charge is 0.349 e. The van der Waals surface area contributed by atoms with Crippen LogP contribution in [0.2, 0.25) is 0 Å². The maximum atomic E-state index is 12.3. The molecule has 1 aromatic heterocycles. The lowest BCUT2D eigenvalue weighted by Crippen LogP contribution is -2.49. The first-order valence-electron chi connectivity index (χ1n) is 7.17. The number of rotatable bonds is 7. The first-order chi connectivity index (χ1) is 9.74. The SMILES string of the molecule is CCC(N)(CC)CNC(=O)c1cc([N+](=O)[O-])cn1C(C)C. The number of hydrogen-bond donors (Lipinski definition) is 2. The van der Waals surface area contributed by atoms with Gasteiger partial charge in [-0.15, -0.1) is 0 Å². The van der Waals surface area contributed by atoms with Crippen LogP contribution in [0.15, 0.2) is 12.3 Å².